The molecule has 2 rings (SSSR count). The van der Waals surface area contributed by atoms with E-state index in [2.05, 4.69) is 10.2 Å². The van der Waals surface area contributed by atoms with E-state index in [0.717, 1.165) is 17.1 Å². The van der Waals surface area contributed by atoms with Crippen LogP contribution in [0.2, 0.25) is 0 Å². The van der Waals surface area contributed by atoms with Gasteiger partial charge >= 0.3 is 103 Å². The number of benzene rings is 2. The van der Waals surface area contributed by atoms with Crippen LogP contribution in [-0.2, 0) is 0 Å². The van der Waals surface area contributed by atoms with Crippen molar-refractivity contribution >= 4 is 38.3 Å². The monoisotopic (exact) mass is 273 g/mol. The Labute approximate surface area is 103 Å². The number of hydrogen-bond acceptors (Lipinski definition) is 3. The van der Waals surface area contributed by atoms with Gasteiger partial charge in [-0.25, -0.2) is 0 Å². The first-order valence-corrected chi connectivity index (χ1v) is 6.08. The summed E-state index contributed by atoms with van der Waals surface area (Å²) in [6, 6.07) is 15.3. The van der Waals surface area contributed by atoms with Gasteiger partial charge in [0.05, 0.1) is 0 Å². The maximum absolute atomic E-state index is 5.58. The third-order valence-electron chi connectivity index (χ3n) is 2.07. The molecule has 0 radical (unpaired) electrons. The van der Waals surface area contributed by atoms with Gasteiger partial charge in [0.15, 0.2) is 0 Å². The molecule has 16 heavy (non-hydrogen) atoms. The van der Waals surface area contributed by atoms with Crippen LogP contribution in [0.15, 0.2) is 58.8 Å². The summed E-state index contributed by atoms with van der Waals surface area (Å²) in [5.74, 6) is 0. The molecule has 80 valence electrons. The molecule has 0 aliphatic heterocycles. The summed E-state index contributed by atoms with van der Waals surface area (Å²) in [5.41, 5.74) is 7.98. The van der Waals surface area contributed by atoms with Gasteiger partial charge in [0.2, 0.25) is 0 Å². The van der Waals surface area contributed by atoms with Crippen molar-refractivity contribution in [3.05, 3.63) is 48.5 Å². The molecular formula is C12H12AsN3. The molecule has 2 aromatic carbocycles. The number of nitrogen functional groups attached to an aromatic ring is 1. The number of hydrogen-bond donors (Lipinski definition) is 1. The number of rotatable bonds is 2. The molecule has 1 atom stereocenters. The van der Waals surface area contributed by atoms with Crippen molar-refractivity contribution in [1.29, 1.82) is 0 Å². The first-order valence-electron chi connectivity index (χ1n) is 4.87. The Kier molecular flexibility index (Phi) is 3.37. The third-order valence-corrected chi connectivity index (χ3v) is 2.87. The number of anilines is 1. The van der Waals surface area contributed by atoms with E-state index in [1.165, 1.54) is 4.35 Å². The Balaban J connectivity index is 2.15. The molecule has 0 saturated carbocycles. The molecule has 0 spiro atoms. The first kappa shape index (κ1) is 10.9. The van der Waals surface area contributed by atoms with Gasteiger partial charge in [-0.1, -0.05) is 0 Å². The summed E-state index contributed by atoms with van der Waals surface area (Å²) in [6.07, 6.45) is 0. The summed E-state index contributed by atoms with van der Waals surface area (Å²) in [5, 5.41) is 8.26. The van der Waals surface area contributed by atoms with Crippen LogP contribution in [0.3, 0.4) is 0 Å². The molecule has 1 unspecified atom stereocenters. The molecule has 2 aromatic rings. The molecular weight excluding hydrogens is 261 g/mol. The zero-order valence-corrected chi connectivity index (χ0v) is 11.1. The molecule has 3 nitrogen and oxygen atoms in total. The molecule has 0 bridgehead atoms. The van der Waals surface area contributed by atoms with E-state index in [4.69, 9.17) is 5.73 Å². The number of nitrogens with two attached hydrogens (primary N) is 1. The van der Waals surface area contributed by atoms with Crippen molar-refractivity contribution in [2.24, 2.45) is 10.2 Å². The first-order chi connectivity index (χ1) is 7.74. The molecule has 0 saturated heterocycles. The molecule has 0 aromatic heterocycles. The second-order valence-electron chi connectivity index (χ2n) is 3.38. The summed E-state index contributed by atoms with van der Waals surface area (Å²) in [7, 11) is 0. The fourth-order valence-electron chi connectivity index (χ4n) is 1.20. The van der Waals surface area contributed by atoms with Crippen LogP contribution >= 0.6 is 0 Å². The standard InChI is InChI=1S/C12H12AsN3/c13-9-1-5-11(6-2-9)15-16-12-7-3-10(14)4-8-12/h1-8H,13-14H2/b16-15+. The summed E-state index contributed by atoms with van der Waals surface area (Å²) < 4.78 is 1.28. The Bertz CT molecular complexity index is 441. The van der Waals surface area contributed by atoms with Crippen LogP contribution in [-0.4, -0.2) is 16.9 Å². The van der Waals surface area contributed by atoms with Gasteiger partial charge in [-0.05, 0) is 0 Å². The number of azo groups is 1. The van der Waals surface area contributed by atoms with Crippen LogP contribution in [0, 0.1) is 0 Å². The van der Waals surface area contributed by atoms with Crippen LogP contribution in [0.4, 0.5) is 17.1 Å². The van der Waals surface area contributed by atoms with Crippen molar-refractivity contribution in [3.63, 3.8) is 0 Å². The van der Waals surface area contributed by atoms with Crippen LogP contribution < -0.4 is 10.1 Å². The maximum atomic E-state index is 5.58. The average molecular weight is 273 g/mol. The van der Waals surface area contributed by atoms with E-state index < -0.39 is 0 Å². The zero-order valence-electron chi connectivity index (χ0n) is 8.67. The van der Waals surface area contributed by atoms with E-state index in [0.29, 0.717) is 0 Å². The van der Waals surface area contributed by atoms with Gasteiger partial charge in [-0.3, -0.25) is 0 Å². The molecule has 0 fully saturated rings. The molecule has 0 heterocycles. The average Bonchev–Trinajstić information content (AvgIpc) is 2.30. The van der Waals surface area contributed by atoms with Gasteiger partial charge in [-0.2, -0.15) is 0 Å². The fraction of sp³-hybridized carbons (Fsp3) is 0. The normalized spacial score (nSPS) is 10.8. The predicted molar refractivity (Wildman–Crippen MR) is 69.7 cm³/mol. The summed E-state index contributed by atoms with van der Waals surface area (Å²) in [4.78, 5) is 0. The van der Waals surface area contributed by atoms with E-state index >= 15 is 0 Å². The van der Waals surface area contributed by atoms with Crippen molar-refractivity contribution in [1.82, 2.24) is 0 Å². The van der Waals surface area contributed by atoms with E-state index in [1.54, 1.807) is 16.9 Å². The quantitative estimate of drug-likeness (QED) is 0.507. The Morgan fingerprint density at radius 1 is 0.750 bits per heavy atom. The number of nitrogens with zero attached hydrogens (tertiary/aromatic N) is 2. The summed E-state index contributed by atoms with van der Waals surface area (Å²) in [6.45, 7) is 0. The minimum atomic E-state index is 0.733. The minimum absolute atomic E-state index is 0.733. The van der Waals surface area contributed by atoms with Gasteiger partial charge in [0.1, 0.15) is 0 Å². The Morgan fingerprint density at radius 3 is 1.69 bits per heavy atom. The van der Waals surface area contributed by atoms with Crippen molar-refractivity contribution in [2.45, 2.75) is 0 Å². The van der Waals surface area contributed by atoms with Gasteiger partial charge in [0.25, 0.3) is 0 Å². The molecule has 0 aliphatic rings. The van der Waals surface area contributed by atoms with Crippen LogP contribution in [0.1, 0.15) is 0 Å². The Hall–Kier alpha value is -1.60. The predicted octanol–water partition coefficient (Wildman–Crippen LogP) is 1.94. The molecule has 2 N–H and O–H groups in total. The van der Waals surface area contributed by atoms with E-state index in [1.807, 2.05) is 48.5 Å². The topological polar surface area (TPSA) is 50.7 Å². The van der Waals surface area contributed by atoms with Crippen molar-refractivity contribution in [2.75, 3.05) is 5.73 Å². The second-order valence-corrected chi connectivity index (χ2v) is 4.78. The van der Waals surface area contributed by atoms with Crippen LogP contribution in [0.5, 0.6) is 0 Å². The van der Waals surface area contributed by atoms with Crippen molar-refractivity contribution < 1.29 is 0 Å². The summed E-state index contributed by atoms with van der Waals surface area (Å²) >= 11 is 1.60. The van der Waals surface area contributed by atoms with Crippen LogP contribution in [0.25, 0.3) is 0 Å². The zero-order chi connectivity index (χ0) is 11.4. The van der Waals surface area contributed by atoms with Gasteiger partial charge < -0.3 is 0 Å². The molecule has 0 amide bonds. The molecule has 0 aliphatic carbocycles. The second kappa shape index (κ2) is 4.95. The van der Waals surface area contributed by atoms with Gasteiger partial charge in [-0.15, -0.1) is 0 Å². The van der Waals surface area contributed by atoms with E-state index in [-0.39, 0.29) is 0 Å². The van der Waals surface area contributed by atoms with Crippen molar-refractivity contribution in [3.8, 4) is 0 Å². The van der Waals surface area contributed by atoms with Gasteiger partial charge in [0, 0.05) is 0 Å². The molecule has 4 heteroatoms. The Morgan fingerprint density at radius 2 is 1.19 bits per heavy atom. The van der Waals surface area contributed by atoms with E-state index in [9.17, 15) is 0 Å². The SMILES string of the molecule is Nc1ccc(/N=N/c2ccc([AsH2])cc2)cc1. The third kappa shape index (κ3) is 2.94. The fourth-order valence-corrected chi connectivity index (χ4v) is 1.60.